The lowest BCUT2D eigenvalue weighted by Gasteiger charge is -2.30. The predicted molar refractivity (Wildman–Crippen MR) is 125 cm³/mol. The molecule has 1 amide bonds. The molecule has 1 atom stereocenters. The van der Waals surface area contributed by atoms with Crippen LogP contribution in [0.1, 0.15) is 19.8 Å². The van der Waals surface area contributed by atoms with Crippen LogP contribution < -0.4 is 4.80 Å². The normalized spacial score (nSPS) is 17.4. The van der Waals surface area contributed by atoms with Crippen molar-refractivity contribution in [3.05, 3.63) is 58.7 Å². The smallest absolute Gasteiger partial charge is 0.326 e. The number of hydrogen-bond acceptors (Lipinski definition) is 6. The molecule has 2 aromatic carbocycles. The third kappa shape index (κ3) is 5.37. The number of piperidine rings is 1. The number of hydrogen-bond donors (Lipinski definition) is 0. The van der Waals surface area contributed by atoms with Gasteiger partial charge in [-0.1, -0.05) is 11.3 Å². The number of rotatable bonds is 6. The van der Waals surface area contributed by atoms with E-state index in [2.05, 4.69) is 4.99 Å². The first-order chi connectivity index (χ1) is 17.1. The van der Waals surface area contributed by atoms with E-state index in [1.807, 2.05) is 0 Å². The number of ether oxygens (including phenoxy) is 1. The summed E-state index contributed by atoms with van der Waals surface area (Å²) in [5.41, 5.74) is -0.0924. The number of benzene rings is 2. The highest BCUT2D eigenvalue weighted by molar-refractivity contribution is 7.89. The van der Waals surface area contributed by atoms with Crippen LogP contribution in [-0.2, 0) is 30.9 Å². The van der Waals surface area contributed by atoms with E-state index in [9.17, 15) is 31.2 Å². The van der Waals surface area contributed by atoms with Crippen LogP contribution in [0.15, 0.2) is 46.3 Å². The van der Waals surface area contributed by atoms with Gasteiger partial charge in [-0.05, 0) is 50.1 Å². The minimum absolute atomic E-state index is 0.0360. The van der Waals surface area contributed by atoms with Crippen molar-refractivity contribution in [2.24, 2.45) is 10.9 Å². The van der Waals surface area contributed by atoms with E-state index in [1.165, 1.54) is 0 Å². The molecule has 0 spiro atoms. The van der Waals surface area contributed by atoms with E-state index in [1.54, 1.807) is 6.92 Å². The van der Waals surface area contributed by atoms with Gasteiger partial charge in [0.2, 0.25) is 10.0 Å². The summed E-state index contributed by atoms with van der Waals surface area (Å²) in [7, 11) is -3.96. The minimum Gasteiger partial charge on any atom is -0.465 e. The first-order valence-corrected chi connectivity index (χ1v) is 13.3. The quantitative estimate of drug-likeness (QED) is 0.447. The number of carbonyl (C=O) groups excluding carboxylic acids is 2. The molecule has 36 heavy (non-hydrogen) atoms. The monoisotopic (exact) mass is 541 g/mol. The third-order valence-electron chi connectivity index (χ3n) is 5.68. The lowest BCUT2D eigenvalue weighted by molar-refractivity contribution is -0.143. The summed E-state index contributed by atoms with van der Waals surface area (Å²) in [4.78, 5) is 29.2. The van der Waals surface area contributed by atoms with Gasteiger partial charge in [0.15, 0.2) is 10.6 Å². The second kappa shape index (κ2) is 10.5. The average Bonchev–Trinajstić information content (AvgIpc) is 3.16. The highest BCUT2D eigenvalue weighted by atomic mass is 32.2. The van der Waals surface area contributed by atoms with Crippen LogP contribution in [0.3, 0.4) is 0 Å². The standard InChI is InChI=1S/C23H22F3N3O5S2/c1-2-34-20(30)13-29-21-18(26)10-16(25)11-19(21)35-23(29)27-22(31)14-4-3-9-28(12-14)36(32,33)17-7-5-15(24)6-8-17/h5-8,10-11,14H,2-4,9,12-13H2,1H3. The summed E-state index contributed by atoms with van der Waals surface area (Å²) in [6.45, 7) is 1.28. The Bertz CT molecular complexity index is 1480. The predicted octanol–water partition coefficient (Wildman–Crippen LogP) is 3.21. The van der Waals surface area contributed by atoms with Crippen LogP contribution in [-0.4, -0.2) is 48.9 Å². The van der Waals surface area contributed by atoms with Crippen molar-refractivity contribution in [2.75, 3.05) is 19.7 Å². The zero-order chi connectivity index (χ0) is 26.0. The molecule has 1 unspecified atom stereocenters. The van der Waals surface area contributed by atoms with Crippen molar-refractivity contribution in [3.63, 3.8) is 0 Å². The maximum atomic E-state index is 14.6. The molecule has 1 aliphatic heterocycles. The number of sulfonamides is 1. The second-order valence-corrected chi connectivity index (χ2v) is 11.1. The van der Waals surface area contributed by atoms with E-state index in [-0.39, 0.29) is 39.6 Å². The molecule has 0 radical (unpaired) electrons. The van der Waals surface area contributed by atoms with Crippen molar-refractivity contribution in [3.8, 4) is 0 Å². The summed E-state index contributed by atoms with van der Waals surface area (Å²) in [5.74, 6) is -4.46. The maximum Gasteiger partial charge on any atom is 0.326 e. The molecule has 4 rings (SSSR count). The third-order valence-corrected chi connectivity index (χ3v) is 8.58. The number of halogens is 3. The summed E-state index contributed by atoms with van der Waals surface area (Å²) < 4.78 is 74.9. The fourth-order valence-electron chi connectivity index (χ4n) is 4.00. The van der Waals surface area contributed by atoms with E-state index >= 15 is 0 Å². The second-order valence-electron chi connectivity index (χ2n) is 8.12. The molecule has 13 heteroatoms. The van der Waals surface area contributed by atoms with Gasteiger partial charge in [0.1, 0.15) is 18.2 Å². The fraction of sp³-hybridized carbons (Fsp3) is 0.348. The fourth-order valence-corrected chi connectivity index (χ4v) is 6.60. The zero-order valence-electron chi connectivity index (χ0n) is 19.1. The lowest BCUT2D eigenvalue weighted by atomic mass is 9.99. The van der Waals surface area contributed by atoms with Gasteiger partial charge in [0.25, 0.3) is 5.91 Å². The zero-order valence-corrected chi connectivity index (χ0v) is 20.8. The largest absolute Gasteiger partial charge is 0.465 e. The Hall–Kier alpha value is -3.03. The molecule has 0 N–H and O–H groups in total. The van der Waals surface area contributed by atoms with Crippen LogP contribution >= 0.6 is 11.3 Å². The summed E-state index contributed by atoms with van der Waals surface area (Å²) in [5, 5.41) is 0. The number of carbonyl (C=O) groups is 2. The SMILES string of the molecule is CCOC(=O)Cn1c(=NC(=O)C2CCCN(S(=O)(=O)c3ccc(F)cc3)C2)sc2cc(F)cc(F)c21. The molecule has 1 aromatic heterocycles. The number of nitrogens with zero attached hydrogens (tertiary/aromatic N) is 3. The van der Waals surface area contributed by atoms with Gasteiger partial charge >= 0.3 is 5.97 Å². The molecule has 0 saturated carbocycles. The van der Waals surface area contributed by atoms with Gasteiger partial charge in [-0.25, -0.2) is 21.6 Å². The maximum absolute atomic E-state index is 14.6. The Morgan fingerprint density at radius 1 is 1.14 bits per heavy atom. The van der Waals surface area contributed by atoms with Gasteiger partial charge in [0.05, 0.1) is 27.6 Å². The molecule has 8 nitrogen and oxygen atoms in total. The topological polar surface area (TPSA) is 98.0 Å². The van der Waals surface area contributed by atoms with Crippen molar-refractivity contribution < 1.29 is 35.9 Å². The number of aromatic nitrogens is 1. The van der Waals surface area contributed by atoms with Crippen LogP contribution in [0.5, 0.6) is 0 Å². The molecular formula is C23H22F3N3O5S2. The first kappa shape index (κ1) is 26.0. The van der Waals surface area contributed by atoms with Crippen molar-refractivity contribution in [1.82, 2.24) is 8.87 Å². The molecule has 1 fully saturated rings. The Morgan fingerprint density at radius 3 is 2.56 bits per heavy atom. The molecule has 3 aromatic rings. The Balaban J connectivity index is 1.67. The molecule has 1 aliphatic rings. The van der Waals surface area contributed by atoms with Crippen molar-refractivity contribution >= 4 is 43.5 Å². The number of amides is 1. The van der Waals surface area contributed by atoms with E-state index in [4.69, 9.17) is 4.74 Å². The highest BCUT2D eigenvalue weighted by Gasteiger charge is 2.33. The number of esters is 1. The van der Waals surface area contributed by atoms with E-state index < -0.39 is 51.8 Å². The molecular weight excluding hydrogens is 519 g/mol. The van der Waals surface area contributed by atoms with Gasteiger partial charge in [0, 0.05) is 19.2 Å². The van der Waals surface area contributed by atoms with E-state index in [0.717, 1.165) is 50.5 Å². The summed E-state index contributed by atoms with van der Waals surface area (Å²) in [6.07, 6.45) is 0.755. The highest BCUT2D eigenvalue weighted by Crippen LogP contribution is 2.26. The number of thiazole rings is 1. The van der Waals surface area contributed by atoms with Crippen LogP contribution in [0.2, 0.25) is 0 Å². The molecule has 2 heterocycles. The van der Waals surface area contributed by atoms with Crippen LogP contribution in [0, 0.1) is 23.4 Å². The van der Waals surface area contributed by atoms with Gasteiger partial charge < -0.3 is 9.30 Å². The van der Waals surface area contributed by atoms with Gasteiger partial charge in [-0.15, -0.1) is 0 Å². The molecule has 192 valence electrons. The molecule has 1 saturated heterocycles. The minimum atomic E-state index is -3.96. The van der Waals surface area contributed by atoms with Crippen LogP contribution in [0.4, 0.5) is 13.2 Å². The molecule has 0 bridgehead atoms. The Kier molecular flexibility index (Phi) is 7.62. The van der Waals surface area contributed by atoms with E-state index in [0.29, 0.717) is 18.9 Å². The van der Waals surface area contributed by atoms with Crippen LogP contribution in [0.25, 0.3) is 10.2 Å². The van der Waals surface area contributed by atoms with Crippen molar-refractivity contribution in [1.29, 1.82) is 0 Å². The number of fused-ring (bicyclic) bond motifs is 1. The van der Waals surface area contributed by atoms with Gasteiger partial charge in [-0.2, -0.15) is 9.30 Å². The summed E-state index contributed by atoms with van der Waals surface area (Å²) in [6, 6.07) is 6.14. The van der Waals surface area contributed by atoms with Crippen molar-refractivity contribution in [2.45, 2.75) is 31.2 Å². The lowest BCUT2D eigenvalue weighted by Crippen LogP contribution is -2.42. The molecule has 0 aliphatic carbocycles. The Morgan fingerprint density at radius 2 is 1.86 bits per heavy atom. The van der Waals surface area contributed by atoms with Gasteiger partial charge in [-0.3, -0.25) is 9.59 Å². The summed E-state index contributed by atoms with van der Waals surface area (Å²) >= 11 is 0.830. The Labute approximate surface area is 208 Å². The average molecular weight is 542 g/mol. The first-order valence-electron chi connectivity index (χ1n) is 11.1.